The summed E-state index contributed by atoms with van der Waals surface area (Å²) in [6, 6.07) is 0. The Bertz CT molecular complexity index is 391. The maximum absolute atomic E-state index is 12.5. The van der Waals surface area contributed by atoms with Crippen LogP contribution in [0.1, 0.15) is 5.69 Å². The van der Waals surface area contributed by atoms with Gasteiger partial charge in [0.15, 0.2) is 5.13 Å². The van der Waals surface area contributed by atoms with Crippen LogP contribution in [0.25, 0.3) is 0 Å². The van der Waals surface area contributed by atoms with Crippen molar-refractivity contribution in [3.63, 3.8) is 0 Å². The van der Waals surface area contributed by atoms with Crippen LogP contribution in [-0.4, -0.2) is 30.0 Å². The molecule has 4 nitrogen and oxygen atoms in total. The molecule has 0 atom stereocenters. The number of rotatable bonds is 3. The number of alkyl halides is 2. The maximum atomic E-state index is 12.5. The maximum Gasteiger partial charge on any atom is 1.00 e. The summed E-state index contributed by atoms with van der Waals surface area (Å²) in [7, 11) is 0. The van der Waals surface area contributed by atoms with Crippen molar-refractivity contribution in [3.8, 4) is 0 Å². The Hall–Kier alpha value is -0.643. The minimum Gasteiger partial charge on any atom is -0.550 e. The van der Waals surface area contributed by atoms with Crippen molar-refractivity contribution in [2.75, 3.05) is 18.0 Å². The summed E-state index contributed by atoms with van der Waals surface area (Å²) < 4.78 is 25.0. The van der Waals surface area contributed by atoms with Gasteiger partial charge < -0.3 is 14.8 Å². The predicted octanol–water partition coefficient (Wildman–Crippen LogP) is -3.11. The number of aromatic nitrogens is 1. The van der Waals surface area contributed by atoms with Crippen LogP contribution in [0.4, 0.5) is 13.9 Å². The SMILES string of the molecule is O=C([O-])Cc1csc(N2CC(F)(F)C2)n1.[Li+]. The second-order valence-electron chi connectivity index (χ2n) is 3.38. The summed E-state index contributed by atoms with van der Waals surface area (Å²) in [4.78, 5) is 15.6. The van der Waals surface area contributed by atoms with Crippen LogP contribution in [0.15, 0.2) is 5.38 Å². The monoisotopic (exact) mass is 240 g/mol. The molecular formula is C8H7F2LiN2O2S. The average Bonchev–Trinajstić information content (AvgIpc) is 2.47. The van der Waals surface area contributed by atoms with Gasteiger partial charge in [-0.2, -0.15) is 0 Å². The molecule has 0 saturated carbocycles. The number of carboxylic acid groups (broad SMARTS) is 1. The summed E-state index contributed by atoms with van der Waals surface area (Å²) in [5.41, 5.74) is 0.352. The third-order valence-corrected chi connectivity index (χ3v) is 2.93. The number of carboxylic acids is 1. The van der Waals surface area contributed by atoms with Crippen molar-refractivity contribution in [2.24, 2.45) is 0 Å². The predicted molar refractivity (Wildman–Crippen MR) is 48.0 cm³/mol. The van der Waals surface area contributed by atoms with E-state index in [1.165, 1.54) is 16.2 Å². The van der Waals surface area contributed by atoms with E-state index >= 15 is 0 Å². The third kappa shape index (κ3) is 2.94. The molecule has 0 radical (unpaired) electrons. The van der Waals surface area contributed by atoms with Gasteiger partial charge in [-0.3, -0.25) is 0 Å². The Morgan fingerprint density at radius 2 is 2.25 bits per heavy atom. The molecular weight excluding hydrogens is 233 g/mol. The Morgan fingerprint density at radius 1 is 1.62 bits per heavy atom. The minimum atomic E-state index is -2.64. The number of nitrogens with zero attached hydrogens (tertiary/aromatic N) is 2. The van der Waals surface area contributed by atoms with Crippen molar-refractivity contribution >= 4 is 22.4 Å². The van der Waals surface area contributed by atoms with Crippen molar-refractivity contribution < 1.29 is 37.5 Å². The van der Waals surface area contributed by atoms with Crippen LogP contribution in [0.5, 0.6) is 0 Å². The largest absolute Gasteiger partial charge is 1.00 e. The van der Waals surface area contributed by atoms with E-state index in [0.717, 1.165) is 0 Å². The molecule has 0 amide bonds. The first kappa shape index (κ1) is 13.4. The van der Waals surface area contributed by atoms with Crippen LogP contribution < -0.4 is 28.9 Å². The van der Waals surface area contributed by atoms with Crippen LogP contribution in [0.3, 0.4) is 0 Å². The second-order valence-corrected chi connectivity index (χ2v) is 4.22. The van der Waals surface area contributed by atoms with Gasteiger partial charge in [0.05, 0.1) is 18.8 Å². The molecule has 1 saturated heterocycles. The number of hydrogen-bond acceptors (Lipinski definition) is 5. The van der Waals surface area contributed by atoms with Crippen LogP contribution >= 0.6 is 11.3 Å². The molecule has 0 bridgehead atoms. The molecule has 1 aliphatic heterocycles. The molecule has 1 aliphatic rings. The van der Waals surface area contributed by atoms with Crippen molar-refractivity contribution in [1.82, 2.24) is 4.98 Å². The number of carbonyl (C=O) groups is 1. The minimum absolute atomic E-state index is 0. The van der Waals surface area contributed by atoms with Gasteiger partial charge in [0.1, 0.15) is 0 Å². The quantitative estimate of drug-likeness (QED) is 0.525. The molecule has 2 rings (SSSR count). The van der Waals surface area contributed by atoms with E-state index in [1.54, 1.807) is 5.38 Å². The molecule has 1 aromatic heterocycles. The van der Waals surface area contributed by atoms with E-state index in [0.29, 0.717) is 10.8 Å². The fourth-order valence-electron chi connectivity index (χ4n) is 1.32. The van der Waals surface area contributed by atoms with E-state index in [-0.39, 0.29) is 38.4 Å². The van der Waals surface area contributed by atoms with Gasteiger partial charge in [-0.1, -0.05) is 0 Å². The van der Waals surface area contributed by atoms with Gasteiger partial charge in [-0.25, -0.2) is 13.8 Å². The summed E-state index contributed by atoms with van der Waals surface area (Å²) in [5.74, 6) is -3.86. The van der Waals surface area contributed by atoms with E-state index in [1.807, 2.05) is 0 Å². The van der Waals surface area contributed by atoms with Crippen LogP contribution in [-0.2, 0) is 11.2 Å². The molecule has 0 aliphatic carbocycles. The van der Waals surface area contributed by atoms with E-state index < -0.39 is 11.9 Å². The first-order valence-corrected chi connectivity index (χ1v) is 5.11. The zero-order valence-electron chi connectivity index (χ0n) is 8.57. The number of thiazole rings is 1. The molecule has 0 N–H and O–H groups in total. The van der Waals surface area contributed by atoms with E-state index in [9.17, 15) is 18.7 Å². The van der Waals surface area contributed by atoms with Crippen molar-refractivity contribution in [1.29, 1.82) is 0 Å². The van der Waals surface area contributed by atoms with Crippen molar-refractivity contribution in [3.05, 3.63) is 11.1 Å². The second kappa shape index (κ2) is 4.70. The average molecular weight is 240 g/mol. The zero-order chi connectivity index (χ0) is 11.1. The van der Waals surface area contributed by atoms with Gasteiger partial charge in [0.25, 0.3) is 5.92 Å². The summed E-state index contributed by atoms with van der Waals surface area (Å²) in [6.45, 7) is -0.684. The number of hydrogen-bond donors (Lipinski definition) is 0. The molecule has 8 heteroatoms. The Kier molecular flexibility index (Phi) is 3.94. The van der Waals surface area contributed by atoms with Gasteiger partial charge >= 0.3 is 18.9 Å². The molecule has 1 aromatic rings. The molecule has 0 aromatic carbocycles. The van der Waals surface area contributed by atoms with E-state index in [4.69, 9.17) is 0 Å². The van der Waals surface area contributed by atoms with E-state index in [2.05, 4.69) is 4.98 Å². The fourth-order valence-corrected chi connectivity index (χ4v) is 2.14. The molecule has 0 unspecified atom stereocenters. The topological polar surface area (TPSA) is 56.3 Å². The molecule has 2 heterocycles. The van der Waals surface area contributed by atoms with Crippen LogP contribution in [0.2, 0.25) is 0 Å². The number of halogens is 2. The molecule has 0 spiro atoms. The molecule has 16 heavy (non-hydrogen) atoms. The third-order valence-electron chi connectivity index (χ3n) is 1.98. The smallest absolute Gasteiger partial charge is 0.550 e. The van der Waals surface area contributed by atoms with Gasteiger partial charge in [0.2, 0.25) is 0 Å². The number of anilines is 1. The van der Waals surface area contributed by atoms with Gasteiger partial charge in [-0.05, 0) is 0 Å². The first-order valence-electron chi connectivity index (χ1n) is 4.23. The summed E-state index contributed by atoms with van der Waals surface area (Å²) in [5, 5.41) is 12.2. The van der Waals surface area contributed by atoms with Crippen molar-refractivity contribution in [2.45, 2.75) is 12.3 Å². The first-order chi connectivity index (χ1) is 6.96. The summed E-state index contributed by atoms with van der Waals surface area (Å²) in [6.07, 6.45) is -0.277. The Morgan fingerprint density at radius 3 is 2.75 bits per heavy atom. The Labute approximate surface area is 106 Å². The van der Waals surface area contributed by atoms with Gasteiger partial charge in [-0.15, -0.1) is 11.3 Å². The summed E-state index contributed by atoms with van der Waals surface area (Å²) >= 11 is 1.17. The zero-order valence-corrected chi connectivity index (χ0v) is 9.39. The fraction of sp³-hybridized carbons (Fsp3) is 0.500. The van der Waals surface area contributed by atoms with Crippen LogP contribution in [0, 0.1) is 0 Å². The number of carbonyl (C=O) groups excluding carboxylic acids is 1. The molecule has 1 fully saturated rings. The standard InChI is InChI=1S/C8H8F2N2O2S.Li/c9-8(10)3-12(4-8)7-11-5(2-15-7)1-6(13)14;/h2H,1,3-4H2,(H,13,14);/q;+1/p-1. The molecule has 82 valence electrons. The Balaban J connectivity index is 0.00000128. The van der Waals surface area contributed by atoms with Gasteiger partial charge in [0, 0.05) is 17.8 Å². The number of aliphatic carboxylic acids is 1. The normalized spacial score (nSPS) is 17.5.